The Balaban J connectivity index is 1.64. The molecule has 2 N–H and O–H groups in total. The van der Waals surface area contributed by atoms with Gasteiger partial charge in [-0.3, -0.25) is 0 Å². The Morgan fingerprint density at radius 1 is 0.963 bits per heavy atom. The van der Waals surface area contributed by atoms with E-state index in [1.54, 1.807) is 12.1 Å². The Hall–Kier alpha value is -3.55. The number of hydrogen-bond acceptors (Lipinski definition) is 4. The predicted molar refractivity (Wildman–Crippen MR) is 95.7 cm³/mol. The topological polar surface area (TPSA) is 62.8 Å². The molecule has 0 unspecified atom stereocenters. The van der Waals surface area contributed by atoms with Gasteiger partial charge >= 0.3 is 6.36 Å². The second-order valence-electron chi connectivity index (χ2n) is 5.74. The molecule has 8 heteroatoms. The summed E-state index contributed by atoms with van der Waals surface area (Å²) in [6, 6.07) is 15.2. The number of alkyl halides is 3. The van der Waals surface area contributed by atoms with Crippen molar-refractivity contribution in [3.63, 3.8) is 0 Å². The van der Waals surface area contributed by atoms with Crippen LogP contribution in [-0.2, 0) is 0 Å². The van der Waals surface area contributed by atoms with E-state index in [4.69, 9.17) is 0 Å². The third-order valence-corrected chi connectivity index (χ3v) is 3.89. The summed E-state index contributed by atoms with van der Waals surface area (Å²) in [4.78, 5) is 11.5. The smallest absolute Gasteiger partial charge is 0.404 e. The molecule has 0 aliphatic heterocycles. The highest BCUT2D eigenvalue weighted by molar-refractivity contribution is 5.84. The number of fused-ring (bicyclic) bond motifs is 1. The van der Waals surface area contributed by atoms with E-state index in [0.29, 0.717) is 11.5 Å². The van der Waals surface area contributed by atoms with Gasteiger partial charge in [0.15, 0.2) is 5.75 Å². The molecule has 4 aromatic rings. The number of anilines is 2. The fraction of sp³-hybridized carbons (Fsp3) is 0.0526. The summed E-state index contributed by atoms with van der Waals surface area (Å²) in [7, 11) is 0. The number of aromatic amines is 1. The number of aromatic nitrogens is 3. The van der Waals surface area contributed by atoms with Crippen LogP contribution in [0.15, 0.2) is 67.1 Å². The molecule has 0 saturated heterocycles. The Morgan fingerprint density at radius 2 is 1.81 bits per heavy atom. The molecule has 0 fully saturated rings. The lowest BCUT2D eigenvalue weighted by Gasteiger charge is -2.14. The molecule has 2 aromatic heterocycles. The van der Waals surface area contributed by atoms with Crippen molar-refractivity contribution >= 4 is 22.4 Å². The fourth-order valence-electron chi connectivity index (χ4n) is 2.72. The minimum Gasteiger partial charge on any atom is -0.404 e. The van der Waals surface area contributed by atoms with Crippen LogP contribution in [0.1, 0.15) is 0 Å². The number of nitrogens with one attached hydrogen (secondary N) is 2. The van der Waals surface area contributed by atoms with Gasteiger partial charge in [-0.15, -0.1) is 13.2 Å². The average molecular weight is 370 g/mol. The molecule has 0 amide bonds. The molecule has 27 heavy (non-hydrogen) atoms. The first-order chi connectivity index (χ1) is 13.0. The Kier molecular flexibility index (Phi) is 4.15. The van der Waals surface area contributed by atoms with E-state index >= 15 is 0 Å². The molecule has 2 aromatic carbocycles. The Bertz CT molecular complexity index is 1090. The van der Waals surface area contributed by atoms with Gasteiger partial charge < -0.3 is 15.0 Å². The lowest BCUT2D eigenvalue weighted by atomic mass is 10.1. The van der Waals surface area contributed by atoms with Crippen LogP contribution in [0.2, 0.25) is 0 Å². The van der Waals surface area contributed by atoms with Crippen LogP contribution >= 0.6 is 0 Å². The van der Waals surface area contributed by atoms with E-state index in [-0.39, 0.29) is 11.4 Å². The number of benzene rings is 2. The van der Waals surface area contributed by atoms with Gasteiger partial charge in [0.05, 0.1) is 11.4 Å². The molecule has 0 spiro atoms. The maximum atomic E-state index is 12.6. The third kappa shape index (κ3) is 3.84. The zero-order valence-corrected chi connectivity index (χ0v) is 13.8. The van der Waals surface area contributed by atoms with Gasteiger partial charge in [-0.2, -0.15) is 0 Å². The SMILES string of the molecule is FC(F)(F)Oc1ccccc1Nc1cc(-c2ccc3[nH]ccc3c2)ncn1. The second kappa shape index (κ2) is 6.64. The zero-order valence-electron chi connectivity index (χ0n) is 13.8. The van der Waals surface area contributed by atoms with Crippen molar-refractivity contribution in [2.24, 2.45) is 0 Å². The van der Waals surface area contributed by atoms with E-state index in [0.717, 1.165) is 16.5 Å². The minimum absolute atomic E-state index is 0.153. The Morgan fingerprint density at radius 3 is 2.67 bits per heavy atom. The van der Waals surface area contributed by atoms with Crippen LogP contribution in [0.5, 0.6) is 5.75 Å². The van der Waals surface area contributed by atoms with Crippen LogP contribution in [0.3, 0.4) is 0 Å². The lowest BCUT2D eigenvalue weighted by Crippen LogP contribution is -2.17. The van der Waals surface area contributed by atoms with Gasteiger partial charge in [0.25, 0.3) is 0 Å². The van der Waals surface area contributed by atoms with Crippen molar-refractivity contribution in [1.29, 1.82) is 0 Å². The third-order valence-electron chi connectivity index (χ3n) is 3.89. The Labute approximate surface area is 151 Å². The first kappa shape index (κ1) is 16.9. The largest absolute Gasteiger partial charge is 0.573 e. The molecular weight excluding hydrogens is 357 g/mol. The summed E-state index contributed by atoms with van der Waals surface area (Å²) in [5, 5.41) is 3.89. The molecule has 2 heterocycles. The van der Waals surface area contributed by atoms with E-state index in [2.05, 4.69) is 25.0 Å². The van der Waals surface area contributed by atoms with Gasteiger partial charge in [0.2, 0.25) is 0 Å². The maximum Gasteiger partial charge on any atom is 0.573 e. The van der Waals surface area contributed by atoms with Crippen molar-refractivity contribution in [2.45, 2.75) is 6.36 Å². The van der Waals surface area contributed by atoms with E-state index < -0.39 is 6.36 Å². The summed E-state index contributed by atoms with van der Waals surface area (Å²) in [5.74, 6) is 0.0197. The standard InChI is InChI=1S/C19H13F3N4O/c20-19(21,22)27-17-4-2-1-3-15(17)26-18-10-16(24-11-25-18)12-5-6-14-13(9-12)7-8-23-14/h1-11,23H,(H,24,25,26). The second-order valence-corrected chi connectivity index (χ2v) is 5.74. The van der Waals surface area contributed by atoms with Gasteiger partial charge in [-0.1, -0.05) is 18.2 Å². The summed E-state index contributed by atoms with van der Waals surface area (Å²) in [5.41, 5.74) is 2.67. The highest BCUT2D eigenvalue weighted by Gasteiger charge is 2.32. The van der Waals surface area contributed by atoms with Gasteiger partial charge in [-0.25, -0.2) is 9.97 Å². The molecule has 0 bridgehead atoms. The van der Waals surface area contributed by atoms with Crippen molar-refractivity contribution in [2.75, 3.05) is 5.32 Å². The van der Waals surface area contributed by atoms with E-state index in [9.17, 15) is 13.2 Å². The van der Waals surface area contributed by atoms with Gasteiger partial charge in [0.1, 0.15) is 12.1 Å². The number of nitrogens with zero attached hydrogens (tertiary/aromatic N) is 2. The molecule has 0 atom stereocenters. The van der Waals surface area contributed by atoms with Crippen LogP contribution in [0, 0.1) is 0 Å². The van der Waals surface area contributed by atoms with Crippen LogP contribution < -0.4 is 10.1 Å². The van der Waals surface area contributed by atoms with Crippen LogP contribution in [0.25, 0.3) is 22.2 Å². The normalized spacial score (nSPS) is 11.5. The molecule has 0 aliphatic carbocycles. The molecule has 136 valence electrons. The van der Waals surface area contributed by atoms with Gasteiger partial charge in [-0.05, 0) is 30.3 Å². The van der Waals surface area contributed by atoms with Crippen molar-refractivity contribution in [3.05, 3.63) is 67.1 Å². The zero-order chi connectivity index (χ0) is 18.9. The number of para-hydroxylation sites is 2. The van der Waals surface area contributed by atoms with Gasteiger partial charge in [0, 0.05) is 28.7 Å². The number of rotatable bonds is 4. The summed E-state index contributed by atoms with van der Waals surface area (Å²) in [6.07, 6.45) is -1.58. The monoisotopic (exact) mass is 370 g/mol. The maximum absolute atomic E-state index is 12.6. The van der Waals surface area contributed by atoms with Crippen molar-refractivity contribution in [3.8, 4) is 17.0 Å². The molecule has 4 rings (SSSR count). The minimum atomic E-state index is -4.78. The number of halogens is 3. The van der Waals surface area contributed by atoms with Crippen molar-refractivity contribution < 1.29 is 17.9 Å². The van der Waals surface area contributed by atoms with Crippen LogP contribution in [0.4, 0.5) is 24.7 Å². The highest BCUT2D eigenvalue weighted by atomic mass is 19.4. The lowest BCUT2D eigenvalue weighted by molar-refractivity contribution is -0.274. The summed E-state index contributed by atoms with van der Waals surface area (Å²) in [6.45, 7) is 0. The molecular formula is C19H13F3N4O. The van der Waals surface area contributed by atoms with E-state index in [1.807, 2.05) is 30.5 Å². The molecule has 5 nitrogen and oxygen atoms in total. The number of hydrogen-bond donors (Lipinski definition) is 2. The number of H-pyrrole nitrogens is 1. The highest BCUT2D eigenvalue weighted by Crippen LogP contribution is 2.32. The molecule has 0 radical (unpaired) electrons. The first-order valence-corrected chi connectivity index (χ1v) is 7.99. The van der Waals surface area contributed by atoms with Crippen LogP contribution in [-0.4, -0.2) is 21.3 Å². The molecule has 0 saturated carbocycles. The predicted octanol–water partition coefficient (Wildman–Crippen LogP) is 5.27. The average Bonchev–Trinajstić information content (AvgIpc) is 3.10. The van der Waals surface area contributed by atoms with E-state index in [1.165, 1.54) is 24.5 Å². The fourth-order valence-corrected chi connectivity index (χ4v) is 2.72. The quantitative estimate of drug-likeness (QED) is 0.514. The molecule has 0 aliphatic rings. The van der Waals surface area contributed by atoms with Crippen molar-refractivity contribution in [1.82, 2.24) is 15.0 Å². The summed E-state index contributed by atoms with van der Waals surface area (Å²) < 4.78 is 41.8. The first-order valence-electron chi connectivity index (χ1n) is 7.99. The summed E-state index contributed by atoms with van der Waals surface area (Å²) >= 11 is 0. The number of ether oxygens (including phenoxy) is 1.